The molecule has 21 heteroatoms. The molecule has 1 aromatic heterocycles. The van der Waals surface area contributed by atoms with E-state index < -0.39 is 10.1 Å². The van der Waals surface area contributed by atoms with Crippen LogP contribution in [0.5, 0.6) is 23.0 Å². The van der Waals surface area contributed by atoms with Gasteiger partial charge in [0.15, 0.2) is 5.16 Å². The first kappa shape index (κ1) is 46.8. The fourth-order valence-corrected chi connectivity index (χ4v) is 7.25. The minimum Gasteiger partial charge on any atom is -0.494 e. The van der Waals surface area contributed by atoms with Crippen LogP contribution in [0.4, 0.5) is 57.4 Å². The number of hydrogen-bond donors (Lipinski definition) is 4. The number of para-hydroxylation sites is 1. The zero-order chi connectivity index (χ0) is 44.8. The highest BCUT2D eigenvalue weighted by molar-refractivity contribution is 7.99. The number of aliphatic hydroxyl groups excluding tert-OH is 1. The lowest BCUT2D eigenvalue weighted by Gasteiger charge is -2.25. The predicted molar refractivity (Wildman–Crippen MR) is 241 cm³/mol. The molecule has 0 amide bonds. The first-order valence-electron chi connectivity index (χ1n) is 19.5. The molecule has 0 spiro atoms. The van der Waals surface area contributed by atoms with E-state index in [1.54, 1.807) is 45.6 Å². The van der Waals surface area contributed by atoms with Crippen LogP contribution >= 0.6 is 11.8 Å². The molecule has 0 saturated carbocycles. The topological polar surface area (TPSA) is 230 Å². The first-order chi connectivity index (χ1) is 29.9. The highest BCUT2D eigenvalue weighted by Crippen LogP contribution is 2.43. The second-order valence-corrected chi connectivity index (χ2v) is 15.4. The Morgan fingerprint density at radius 3 is 1.55 bits per heavy atom. The SMILES string of the molecule is CCN(CC)c1cc(Nc2nc(Nc3cc(N(CC)CC)c(OC)cc3/N=N/c3cc(S(=O)(=O)O)ccc3OC)nc(SCCO)n2)c(/N=N/c2ccccc2OC)cc1OC. The summed E-state index contributed by atoms with van der Waals surface area (Å²) in [5.74, 6) is 2.37. The van der Waals surface area contributed by atoms with Crippen molar-refractivity contribution in [3.63, 3.8) is 0 Å². The van der Waals surface area contributed by atoms with E-state index in [0.717, 1.165) is 17.4 Å². The van der Waals surface area contributed by atoms with E-state index in [1.165, 1.54) is 31.0 Å². The minimum absolute atomic E-state index is 0.0388. The van der Waals surface area contributed by atoms with Gasteiger partial charge in [0.05, 0.1) is 62.7 Å². The standard InChI is InChI=1S/C41H51N11O8S2/c1-9-51(10-2)33-22-28(30(24-37(33)59-7)48-47-27-15-13-14-16-35(27)57-5)42-39-44-40(46-41(45-39)61-20-19-53)43-29-23-34(52(11-3)12-4)38(60-8)25-31(29)49-50-32-21-26(62(54,55)56)17-18-36(32)58-6/h13-18,21-25,53H,9-12,19-20H2,1-8H3,(H,54,55,56)(H2,42,43,44,45,46)/b48-47+,50-49+. The number of nitrogens with zero attached hydrogens (tertiary/aromatic N) is 9. The first-order valence-corrected chi connectivity index (χ1v) is 22.0. The summed E-state index contributed by atoms with van der Waals surface area (Å²) < 4.78 is 56.2. The molecule has 0 bridgehead atoms. The summed E-state index contributed by atoms with van der Waals surface area (Å²) in [6.07, 6.45) is 0. The van der Waals surface area contributed by atoms with E-state index >= 15 is 0 Å². The quantitative estimate of drug-likeness (QED) is 0.0288. The van der Waals surface area contributed by atoms with Crippen LogP contribution in [0.2, 0.25) is 0 Å². The average molecular weight is 890 g/mol. The molecule has 0 unspecified atom stereocenters. The van der Waals surface area contributed by atoms with Crippen molar-refractivity contribution in [2.24, 2.45) is 20.5 Å². The molecule has 0 aliphatic carbocycles. The van der Waals surface area contributed by atoms with Crippen molar-refractivity contribution in [2.45, 2.75) is 37.7 Å². The van der Waals surface area contributed by atoms with Crippen molar-refractivity contribution in [3.8, 4) is 23.0 Å². The maximum absolute atomic E-state index is 12.0. The highest BCUT2D eigenvalue weighted by atomic mass is 32.2. The summed E-state index contributed by atoms with van der Waals surface area (Å²) in [6.45, 7) is 10.7. The zero-order valence-corrected chi connectivity index (χ0v) is 37.4. The smallest absolute Gasteiger partial charge is 0.294 e. The van der Waals surface area contributed by atoms with Gasteiger partial charge in [-0.15, -0.1) is 20.5 Å². The Hall–Kier alpha value is -6.29. The number of aromatic nitrogens is 3. The third-order valence-electron chi connectivity index (χ3n) is 9.30. The molecule has 62 heavy (non-hydrogen) atoms. The van der Waals surface area contributed by atoms with Crippen LogP contribution in [0.1, 0.15) is 27.7 Å². The van der Waals surface area contributed by atoms with Gasteiger partial charge in [-0.3, -0.25) is 4.55 Å². The lowest BCUT2D eigenvalue weighted by atomic mass is 10.2. The van der Waals surface area contributed by atoms with Crippen molar-refractivity contribution < 1.29 is 37.0 Å². The van der Waals surface area contributed by atoms with Crippen molar-refractivity contribution in [2.75, 3.05) is 87.4 Å². The molecule has 4 N–H and O–H groups in total. The number of rotatable bonds is 22. The summed E-state index contributed by atoms with van der Waals surface area (Å²) in [5, 5.41) is 34.6. The minimum atomic E-state index is -4.55. The number of aliphatic hydroxyl groups is 1. The maximum atomic E-state index is 12.0. The summed E-state index contributed by atoms with van der Waals surface area (Å²) in [6, 6.07) is 18.1. The fourth-order valence-electron chi connectivity index (χ4n) is 6.18. The lowest BCUT2D eigenvalue weighted by Crippen LogP contribution is -2.22. The van der Waals surface area contributed by atoms with Gasteiger partial charge >= 0.3 is 0 Å². The largest absolute Gasteiger partial charge is 0.494 e. The Labute approximate surface area is 365 Å². The Bertz CT molecular complexity index is 2480. The number of azo groups is 2. The molecule has 19 nitrogen and oxygen atoms in total. The van der Waals surface area contributed by atoms with Gasteiger partial charge in [0, 0.05) is 44.1 Å². The summed E-state index contributed by atoms with van der Waals surface area (Å²) >= 11 is 1.22. The zero-order valence-electron chi connectivity index (χ0n) is 35.8. The molecule has 1 heterocycles. The number of benzene rings is 4. The number of anilines is 6. The van der Waals surface area contributed by atoms with E-state index in [0.29, 0.717) is 77.1 Å². The van der Waals surface area contributed by atoms with Gasteiger partial charge in [-0.2, -0.15) is 23.4 Å². The Balaban J connectivity index is 1.67. The average Bonchev–Trinajstić information content (AvgIpc) is 3.28. The molecule has 0 atom stereocenters. The van der Waals surface area contributed by atoms with Crippen LogP contribution in [-0.2, 0) is 10.1 Å². The highest BCUT2D eigenvalue weighted by Gasteiger charge is 2.20. The van der Waals surface area contributed by atoms with E-state index in [1.807, 2.05) is 52.0 Å². The maximum Gasteiger partial charge on any atom is 0.294 e. The second-order valence-electron chi connectivity index (χ2n) is 12.9. The Morgan fingerprint density at radius 1 is 0.613 bits per heavy atom. The number of thioether (sulfide) groups is 1. The Morgan fingerprint density at radius 2 is 1.08 bits per heavy atom. The summed E-state index contributed by atoms with van der Waals surface area (Å²) in [4.78, 5) is 18.0. The predicted octanol–water partition coefficient (Wildman–Crippen LogP) is 9.25. The number of hydrogen-bond acceptors (Lipinski definition) is 19. The van der Waals surface area contributed by atoms with Crippen LogP contribution in [0.15, 0.2) is 97.2 Å². The molecular formula is C41H51N11O8S2. The van der Waals surface area contributed by atoms with Crippen molar-refractivity contribution in [1.82, 2.24) is 15.0 Å². The van der Waals surface area contributed by atoms with Gasteiger partial charge in [0.25, 0.3) is 10.1 Å². The van der Waals surface area contributed by atoms with Gasteiger partial charge in [-0.1, -0.05) is 23.9 Å². The number of ether oxygens (including phenoxy) is 4. The third-order valence-corrected chi connectivity index (χ3v) is 11.0. The molecular weight excluding hydrogens is 839 g/mol. The van der Waals surface area contributed by atoms with E-state index in [4.69, 9.17) is 23.9 Å². The second kappa shape index (κ2) is 22.0. The molecule has 0 aliphatic heterocycles. The van der Waals surface area contributed by atoms with Gasteiger partial charge in [0.2, 0.25) is 11.9 Å². The molecule has 0 radical (unpaired) electrons. The van der Waals surface area contributed by atoms with Crippen molar-refractivity contribution in [3.05, 3.63) is 66.7 Å². The lowest BCUT2D eigenvalue weighted by molar-refractivity contribution is 0.322. The van der Waals surface area contributed by atoms with Gasteiger partial charge < -0.3 is 44.5 Å². The number of methoxy groups -OCH3 is 4. The van der Waals surface area contributed by atoms with Crippen LogP contribution < -0.4 is 39.4 Å². The van der Waals surface area contributed by atoms with E-state index in [2.05, 4.69) is 50.9 Å². The molecule has 330 valence electrons. The van der Waals surface area contributed by atoms with Crippen LogP contribution in [-0.4, -0.2) is 100 Å². The normalized spacial score (nSPS) is 11.5. The molecule has 5 aromatic rings. The number of nitrogens with one attached hydrogen (secondary N) is 2. The van der Waals surface area contributed by atoms with Gasteiger partial charge in [-0.05, 0) is 70.2 Å². The van der Waals surface area contributed by atoms with Crippen LogP contribution in [0, 0.1) is 0 Å². The van der Waals surface area contributed by atoms with Gasteiger partial charge in [-0.25, -0.2) is 0 Å². The van der Waals surface area contributed by atoms with E-state index in [9.17, 15) is 18.1 Å². The molecule has 0 fully saturated rings. The van der Waals surface area contributed by atoms with Gasteiger partial charge in [0.1, 0.15) is 45.7 Å². The van der Waals surface area contributed by atoms with E-state index in [-0.39, 0.29) is 40.5 Å². The fraction of sp³-hybridized carbons (Fsp3) is 0.341. The molecule has 0 saturated heterocycles. The van der Waals surface area contributed by atoms with Crippen molar-refractivity contribution in [1.29, 1.82) is 0 Å². The molecule has 0 aliphatic rings. The van der Waals surface area contributed by atoms with Crippen LogP contribution in [0.3, 0.4) is 0 Å². The molecule has 5 rings (SSSR count). The van der Waals surface area contributed by atoms with Crippen LogP contribution in [0.25, 0.3) is 0 Å². The molecule has 4 aromatic carbocycles. The third kappa shape index (κ3) is 11.5. The summed E-state index contributed by atoms with van der Waals surface area (Å²) in [7, 11) is 1.54. The Kier molecular flexibility index (Phi) is 16.6. The monoisotopic (exact) mass is 889 g/mol. The summed E-state index contributed by atoms with van der Waals surface area (Å²) in [5.41, 5.74) is 3.67. The van der Waals surface area contributed by atoms with Crippen molar-refractivity contribution >= 4 is 79.3 Å².